The Balaban J connectivity index is 0.00000196. The normalized spacial score (nSPS) is 11.7. The van der Waals surface area contributed by atoms with Gasteiger partial charge in [-0.05, 0) is 19.4 Å². The topological polar surface area (TPSA) is 35.2 Å². The molecule has 2 nitrogen and oxygen atoms in total. The largest absolute Gasteiger partial charge is 0.494 e. The van der Waals surface area contributed by atoms with Gasteiger partial charge in [0.15, 0.2) is 0 Å². The average Bonchev–Trinajstić information content (AvgIpc) is 2.19. The van der Waals surface area contributed by atoms with Crippen LogP contribution in [0.25, 0.3) is 0 Å². The summed E-state index contributed by atoms with van der Waals surface area (Å²) in [5.41, 5.74) is 6.70. The molecule has 0 saturated heterocycles. The van der Waals surface area contributed by atoms with Crippen molar-refractivity contribution in [3.05, 3.63) is 29.8 Å². The van der Waals surface area contributed by atoms with Gasteiger partial charge in [-0.3, -0.25) is 4.39 Å². The maximum atomic E-state index is 12.1. The van der Waals surface area contributed by atoms with Crippen LogP contribution in [-0.2, 0) is 0 Å². The van der Waals surface area contributed by atoms with Gasteiger partial charge >= 0.3 is 0 Å². The highest BCUT2D eigenvalue weighted by Crippen LogP contribution is 2.25. The van der Waals surface area contributed by atoms with E-state index in [9.17, 15) is 4.39 Å². The van der Waals surface area contributed by atoms with E-state index in [2.05, 4.69) is 0 Å². The fraction of sp³-hybridized carbons (Fsp3) is 0.455. The molecule has 0 aliphatic heterocycles. The highest BCUT2D eigenvalue weighted by atomic mass is 35.5. The predicted octanol–water partition coefficient (Wildman–Crippen LogP) is 2.87. The Bertz CT molecular complexity index is 283. The molecule has 4 heteroatoms. The molecule has 0 bridgehead atoms. The second kappa shape index (κ2) is 7.49. The summed E-state index contributed by atoms with van der Waals surface area (Å²) in [5, 5.41) is 0. The SMILES string of the molecule is CCOc1ccccc1[C@@H](N)CCF.Cl. The van der Waals surface area contributed by atoms with Crippen LogP contribution in [0.1, 0.15) is 24.9 Å². The van der Waals surface area contributed by atoms with Crippen LogP contribution in [0.3, 0.4) is 0 Å². The lowest BCUT2D eigenvalue weighted by atomic mass is 10.0. The summed E-state index contributed by atoms with van der Waals surface area (Å²) in [6.45, 7) is 2.11. The number of hydrogen-bond donors (Lipinski definition) is 1. The van der Waals surface area contributed by atoms with Gasteiger partial charge in [0, 0.05) is 11.6 Å². The number of para-hydroxylation sites is 1. The molecule has 1 aromatic rings. The Hall–Kier alpha value is -0.800. The molecule has 0 aliphatic rings. The monoisotopic (exact) mass is 233 g/mol. The van der Waals surface area contributed by atoms with Gasteiger partial charge in [0.25, 0.3) is 0 Å². The minimum absolute atomic E-state index is 0. The maximum Gasteiger partial charge on any atom is 0.124 e. The molecule has 0 heterocycles. The van der Waals surface area contributed by atoms with Gasteiger partial charge in [-0.25, -0.2) is 0 Å². The zero-order valence-electron chi connectivity index (χ0n) is 8.78. The Morgan fingerprint density at radius 2 is 2.07 bits per heavy atom. The summed E-state index contributed by atoms with van der Waals surface area (Å²) in [6, 6.07) is 7.23. The highest BCUT2D eigenvalue weighted by Gasteiger charge is 2.10. The highest BCUT2D eigenvalue weighted by molar-refractivity contribution is 5.85. The molecule has 0 amide bonds. The molecule has 0 spiro atoms. The first-order valence-corrected chi connectivity index (χ1v) is 4.82. The van der Waals surface area contributed by atoms with Crippen molar-refractivity contribution in [3.8, 4) is 5.75 Å². The van der Waals surface area contributed by atoms with Crippen molar-refractivity contribution >= 4 is 12.4 Å². The molecule has 1 atom stereocenters. The first-order valence-electron chi connectivity index (χ1n) is 4.82. The van der Waals surface area contributed by atoms with Crippen LogP contribution < -0.4 is 10.5 Å². The van der Waals surface area contributed by atoms with Crippen LogP contribution in [0.2, 0.25) is 0 Å². The van der Waals surface area contributed by atoms with Gasteiger partial charge in [0.2, 0.25) is 0 Å². The molecule has 0 unspecified atom stereocenters. The molecule has 0 saturated carbocycles. The smallest absolute Gasteiger partial charge is 0.124 e. The third-order valence-electron chi connectivity index (χ3n) is 2.04. The van der Waals surface area contributed by atoms with Crippen molar-refractivity contribution in [1.29, 1.82) is 0 Å². The van der Waals surface area contributed by atoms with Crippen molar-refractivity contribution in [1.82, 2.24) is 0 Å². The zero-order valence-corrected chi connectivity index (χ0v) is 9.60. The third-order valence-corrected chi connectivity index (χ3v) is 2.04. The minimum Gasteiger partial charge on any atom is -0.494 e. The van der Waals surface area contributed by atoms with Crippen LogP contribution in [0.4, 0.5) is 4.39 Å². The van der Waals surface area contributed by atoms with Crippen LogP contribution in [0.5, 0.6) is 5.75 Å². The summed E-state index contributed by atoms with van der Waals surface area (Å²) < 4.78 is 17.5. The van der Waals surface area contributed by atoms with Crippen LogP contribution >= 0.6 is 12.4 Å². The van der Waals surface area contributed by atoms with Gasteiger partial charge in [0.05, 0.1) is 13.3 Å². The molecule has 0 aliphatic carbocycles. The lowest BCUT2D eigenvalue weighted by Gasteiger charge is -2.14. The van der Waals surface area contributed by atoms with E-state index in [1.807, 2.05) is 31.2 Å². The van der Waals surface area contributed by atoms with E-state index in [1.54, 1.807) is 0 Å². The number of rotatable bonds is 5. The summed E-state index contributed by atoms with van der Waals surface area (Å²) in [6.07, 6.45) is 0.337. The van der Waals surface area contributed by atoms with E-state index in [-0.39, 0.29) is 18.4 Å². The summed E-state index contributed by atoms with van der Waals surface area (Å²) in [5.74, 6) is 0.760. The molecular formula is C11H17ClFNO. The molecule has 86 valence electrons. The standard InChI is InChI=1S/C11H16FNO.ClH/c1-2-14-11-6-4-3-5-9(11)10(13)7-8-12;/h3-6,10H,2,7-8,13H2,1H3;1H/t10-;/m0./s1. The number of alkyl halides is 1. The molecule has 0 aromatic heterocycles. The second-order valence-corrected chi connectivity index (χ2v) is 3.05. The van der Waals surface area contributed by atoms with E-state index < -0.39 is 6.67 Å². The lowest BCUT2D eigenvalue weighted by molar-refractivity contribution is 0.331. The Morgan fingerprint density at radius 1 is 1.40 bits per heavy atom. The number of benzene rings is 1. The Kier molecular flexibility index (Phi) is 7.09. The predicted molar refractivity (Wildman–Crippen MR) is 62.4 cm³/mol. The summed E-state index contributed by atoms with van der Waals surface area (Å²) in [7, 11) is 0. The fourth-order valence-corrected chi connectivity index (χ4v) is 1.35. The number of hydrogen-bond acceptors (Lipinski definition) is 2. The van der Waals surface area contributed by atoms with Gasteiger partial charge in [-0.15, -0.1) is 12.4 Å². The van der Waals surface area contributed by atoms with Crippen molar-refractivity contribution in [2.45, 2.75) is 19.4 Å². The van der Waals surface area contributed by atoms with E-state index in [1.165, 1.54) is 0 Å². The molecule has 2 N–H and O–H groups in total. The molecule has 1 rings (SSSR count). The average molecular weight is 234 g/mol. The van der Waals surface area contributed by atoms with Crippen LogP contribution in [-0.4, -0.2) is 13.3 Å². The quantitative estimate of drug-likeness (QED) is 0.849. The van der Waals surface area contributed by atoms with E-state index >= 15 is 0 Å². The minimum atomic E-state index is -0.401. The summed E-state index contributed by atoms with van der Waals surface area (Å²) in [4.78, 5) is 0. The summed E-state index contributed by atoms with van der Waals surface area (Å²) >= 11 is 0. The van der Waals surface area contributed by atoms with E-state index in [0.717, 1.165) is 11.3 Å². The first-order chi connectivity index (χ1) is 6.79. The van der Waals surface area contributed by atoms with Gasteiger partial charge in [-0.2, -0.15) is 0 Å². The molecule has 0 radical (unpaired) electrons. The zero-order chi connectivity index (χ0) is 10.4. The van der Waals surface area contributed by atoms with Crippen LogP contribution in [0, 0.1) is 0 Å². The van der Waals surface area contributed by atoms with Crippen molar-refractivity contribution in [2.24, 2.45) is 5.73 Å². The van der Waals surface area contributed by atoms with E-state index in [0.29, 0.717) is 13.0 Å². The Labute approximate surface area is 96.0 Å². The molecular weight excluding hydrogens is 217 g/mol. The number of nitrogens with two attached hydrogens (primary N) is 1. The van der Waals surface area contributed by atoms with Crippen molar-refractivity contribution in [3.63, 3.8) is 0 Å². The van der Waals surface area contributed by atoms with Gasteiger partial charge in [-0.1, -0.05) is 18.2 Å². The Morgan fingerprint density at radius 3 is 2.67 bits per heavy atom. The number of halogens is 2. The molecule has 1 aromatic carbocycles. The second-order valence-electron chi connectivity index (χ2n) is 3.05. The first kappa shape index (κ1) is 14.2. The van der Waals surface area contributed by atoms with Crippen LogP contribution in [0.15, 0.2) is 24.3 Å². The van der Waals surface area contributed by atoms with Gasteiger partial charge < -0.3 is 10.5 Å². The van der Waals surface area contributed by atoms with Gasteiger partial charge in [0.1, 0.15) is 5.75 Å². The third kappa shape index (κ3) is 4.06. The fourth-order valence-electron chi connectivity index (χ4n) is 1.35. The van der Waals surface area contributed by atoms with Crippen molar-refractivity contribution in [2.75, 3.05) is 13.3 Å². The number of ether oxygens (including phenoxy) is 1. The lowest BCUT2D eigenvalue weighted by Crippen LogP contribution is -2.12. The van der Waals surface area contributed by atoms with Crippen molar-refractivity contribution < 1.29 is 9.13 Å². The molecule has 0 fully saturated rings. The molecule has 15 heavy (non-hydrogen) atoms. The van der Waals surface area contributed by atoms with E-state index in [4.69, 9.17) is 10.5 Å². The maximum absolute atomic E-state index is 12.1.